The highest BCUT2D eigenvalue weighted by Gasteiger charge is 2.20. The fourth-order valence-corrected chi connectivity index (χ4v) is 1.74. The monoisotopic (exact) mass is 159 g/mol. The molecule has 0 radical (unpaired) electrons. The van der Waals surface area contributed by atoms with E-state index in [4.69, 9.17) is 17.0 Å². The van der Waals surface area contributed by atoms with E-state index in [0.717, 1.165) is 31.4 Å². The molecule has 0 aromatic carbocycles. The average Bonchev–Trinajstić information content (AvgIpc) is 1.88. The number of rotatable bonds is 1. The predicted octanol–water partition coefficient (Wildman–Crippen LogP) is 2.82. The summed E-state index contributed by atoms with van der Waals surface area (Å²) in [5.41, 5.74) is 0.837. The molecule has 1 aliphatic rings. The van der Waals surface area contributed by atoms with Gasteiger partial charge in [-0.2, -0.15) is 0 Å². The van der Waals surface area contributed by atoms with Gasteiger partial charge in [0, 0.05) is 11.1 Å². The van der Waals surface area contributed by atoms with Crippen LogP contribution in [0.5, 0.6) is 0 Å². The van der Waals surface area contributed by atoms with Crippen LogP contribution >= 0.6 is 11.6 Å². The third kappa shape index (κ3) is 1.98. The Balaban J connectivity index is 2.33. The van der Waals surface area contributed by atoms with Crippen LogP contribution < -0.4 is 0 Å². The summed E-state index contributed by atoms with van der Waals surface area (Å²) in [7, 11) is 0. The summed E-state index contributed by atoms with van der Waals surface area (Å²) in [4.78, 5) is 0. The smallest absolute Gasteiger partial charge is 0.0336 e. The first kappa shape index (κ1) is 8.06. The van der Waals surface area contributed by atoms with Crippen LogP contribution in [0.1, 0.15) is 32.6 Å². The zero-order chi connectivity index (χ0) is 7.56. The molecule has 0 amide bonds. The van der Waals surface area contributed by atoms with Crippen molar-refractivity contribution in [3.8, 4) is 0 Å². The summed E-state index contributed by atoms with van der Waals surface area (Å²) in [6.45, 7) is 1.90. The van der Waals surface area contributed by atoms with Crippen LogP contribution in [0.15, 0.2) is 0 Å². The van der Waals surface area contributed by atoms with Gasteiger partial charge in [-0.15, -0.1) is 11.6 Å². The molecule has 58 valence electrons. The maximum absolute atomic E-state index is 7.41. The van der Waals surface area contributed by atoms with Crippen LogP contribution in [-0.2, 0) is 0 Å². The second kappa shape index (κ2) is 3.38. The highest BCUT2D eigenvalue weighted by Crippen LogP contribution is 2.27. The minimum Gasteiger partial charge on any atom is -0.310 e. The molecule has 1 fully saturated rings. The van der Waals surface area contributed by atoms with Crippen molar-refractivity contribution < 1.29 is 0 Å². The van der Waals surface area contributed by atoms with E-state index in [9.17, 15) is 0 Å². The molecular weight excluding hydrogens is 146 g/mol. The van der Waals surface area contributed by atoms with Gasteiger partial charge in [-0.05, 0) is 38.5 Å². The molecule has 1 nitrogen and oxygen atoms in total. The summed E-state index contributed by atoms with van der Waals surface area (Å²) >= 11 is 5.92. The Morgan fingerprint density at radius 3 is 2.20 bits per heavy atom. The van der Waals surface area contributed by atoms with Gasteiger partial charge in [0.25, 0.3) is 0 Å². The van der Waals surface area contributed by atoms with Gasteiger partial charge in [-0.3, -0.25) is 0 Å². The molecule has 10 heavy (non-hydrogen) atoms. The van der Waals surface area contributed by atoms with Gasteiger partial charge in [0.15, 0.2) is 0 Å². The van der Waals surface area contributed by atoms with E-state index in [1.54, 1.807) is 0 Å². The number of halogens is 1. The number of hydrogen-bond acceptors (Lipinski definition) is 1. The molecule has 1 rings (SSSR count). The molecule has 2 heteroatoms. The summed E-state index contributed by atoms with van der Waals surface area (Å²) in [5, 5.41) is 7.80. The van der Waals surface area contributed by atoms with Gasteiger partial charge < -0.3 is 5.41 Å². The Morgan fingerprint density at radius 1 is 1.30 bits per heavy atom. The summed E-state index contributed by atoms with van der Waals surface area (Å²) < 4.78 is 0. The molecule has 0 aliphatic heterocycles. The maximum atomic E-state index is 7.41. The van der Waals surface area contributed by atoms with Gasteiger partial charge in [0.1, 0.15) is 0 Å². The topological polar surface area (TPSA) is 23.9 Å². The van der Waals surface area contributed by atoms with E-state index in [0.29, 0.717) is 11.3 Å². The zero-order valence-corrected chi connectivity index (χ0v) is 7.12. The fraction of sp³-hybridized carbons (Fsp3) is 0.875. The largest absolute Gasteiger partial charge is 0.310 e. The van der Waals surface area contributed by atoms with Crippen molar-refractivity contribution in [3.63, 3.8) is 0 Å². The zero-order valence-electron chi connectivity index (χ0n) is 6.36. The van der Waals surface area contributed by atoms with E-state index in [-0.39, 0.29) is 0 Å². The Morgan fingerprint density at radius 2 is 1.80 bits per heavy atom. The lowest BCUT2D eigenvalue weighted by Crippen LogP contribution is -2.19. The van der Waals surface area contributed by atoms with Gasteiger partial charge in [-0.1, -0.05) is 0 Å². The molecule has 1 saturated carbocycles. The van der Waals surface area contributed by atoms with Crippen molar-refractivity contribution in [1.82, 2.24) is 0 Å². The van der Waals surface area contributed by atoms with Crippen molar-refractivity contribution in [2.24, 2.45) is 5.92 Å². The summed E-state index contributed by atoms with van der Waals surface area (Å²) in [6, 6.07) is 0. The van der Waals surface area contributed by atoms with Crippen molar-refractivity contribution in [1.29, 1.82) is 5.41 Å². The standard InChI is InChI=1S/C8H14ClN/c1-6(10)7-2-4-8(9)5-3-7/h7-8,10H,2-5H2,1H3. The molecule has 0 aromatic rings. The van der Waals surface area contributed by atoms with E-state index < -0.39 is 0 Å². The third-order valence-corrected chi connectivity index (χ3v) is 2.71. The molecule has 0 atom stereocenters. The lowest BCUT2D eigenvalue weighted by atomic mass is 9.86. The molecule has 1 N–H and O–H groups in total. The first-order valence-corrected chi connectivity index (χ1v) is 4.33. The molecule has 1 aliphatic carbocycles. The Labute approximate surface area is 67.3 Å². The van der Waals surface area contributed by atoms with Crippen LogP contribution in [0.4, 0.5) is 0 Å². The first-order chi connectivity index (χ1) is 4.70. The van der Waals surface area contributed by atoms with Crippen molar-refractivity contribution >= 4 is 17.3 Å². The second-order valence-corrected chi connectivity index (χ2v) is 3.75. The Hall–Kier alpha value is -0.0400. The van der Waals surface area contributed by atoms with Crippen LogP contribution in [0, 0.1) is 11.3 Å². The second-order valence-electron chi connectivity index (χ2n) is 3.13. The summed E-state index contributed by atoms with van der Waals surface area (Å²) in [5.74, 6) is 0.537. The minimum absolute atomic E-state index is 0.385. The molecule has 0 spiro atoms. The number of nitrogens with one attached hydrogen (secondary N) is 1. The Bertz CT molecular complexity index is 125. The quantitative estimate of drug-likeness (QED) is 0.450. The Kier molecular flexibility index (Phi) is 2.72. The fourth-order valence-electron chi connectivity index (χ4n) is 1.49. The van der Waals surface area contributed by atoms with Crippen LogP contribution in [-0.4, -0.2) is 11.1 Å². The molecule has 0 heterocycles. The van der Waals surface area contributed by atoms with Gasteiger partial charge >= 0.3 is 0 Å². The lowest BCUT2D eigenvalue weighted by Gasteiger charge is -2.23. The van der Waals surface area contributed by atoms with E-state index in [1.807, 2.05) is 6.92 Å². The molecule has 0 unspecified atom stereocenters. The van der Waals surface area contributed by atoms with Crippen molar-refractivity contribution in [2.75, 3.05) is 0 Å². The molecule has 0 aromatic heterocycles. The first-order valence-electron chi connectivity index (χ1n) is 3.89. The van der Waals surface area contributed by atoms with Crippen molar-refractivity contribution in [3.05, 3.63) is 0 Å². The highest BCUT2D eigenvalue weighted by molar-refractivity contribution is 6.20. The number of alkyl halides is 1. The van der Waals surface area contributed by atoms with E-state index >= 15 is 0 Å². The van der Waals surface area contributed by atoms with Gasteiger partial charge in [-0.25, -0.2) is 0 Å². The lowest BCUT2D eigenvalue weighted by molar-refractivity contribution is 0.443. The third-order valence-electron chi connectivity index (χ3n) is 2.27. The maximum Gasteiger partial charge on any atom is 0.0336 e. The highest BCUT2D eigenvalue weighted by atomic mass is 35.5. The minimum atomic E-state index is 0.385. The average molecular weight is 160 g/mol. The molecule has 0 bridgehead atoms. The molecule has 0 saturated heterocycles. The van der Waals surface area contributed by atoms with Gasteiger partial charge in [0.2, 0.25) is 0 Å². The van der Waals surface area contributed by atoms with Crippen molar-refractivity contribution in [2.45, 2.75) is 38.0 Å². The normalized spacial score (nSPS) is 33.8. The van der Waals surface area contributed by atoms with E-state index in [2.05, 4.69) is 0 Å². The number of hydrogen-bond donors (Lipinski definition) is 1. The molecular formula is C8H14ClN. The predicted molar refractivity (Wildman–Crippen MR) is 45.0 cm³/mol. The van der Waals surface area contributed by atoms with Gasteiger partial charge in [0.05, 0.1) is 0 Å². The van der Waals surface area contributed by atoms with E-state index in [1.165, 1.54) is 0 Å². The summed E-state index contributed by atoms with van der Waals surface area (Å²) in [6.07, 6.45) is 4.46. The van der Waals surface area contributed by atoms with Crippen LogP contribution in [0.3, 0.4) is 0 Å². The SMILES string of the molecule is CC(=N)C1CCC(Cl)CC1. The van der Waals surface area contributed by atoms with Crippen LogP contribution in [0.25, 0.3) is 0 Å². The van der Waals surface area contributed by atoms with Crippen LogP contribution in [0.2, 0.25) is 0 Å².